The summed E-state index contributed by atoms with van der Waals surface area (Å²) in [4.78, 5) is 50.4. The Morgan fingerprint density at radius 1 is 1.00 bits per heavy atom. The highest BCUT2D eigenvalue weighted by molar-refractivity contribution is 5.88. The van der Waals surface area contributed by atoms with Gasteiger partial charge in [-0.3, -0.25) is 4.79 Å². The van der Waals surface area contributed by atoms with E-state index in [4.69, 9.17) is 18.6 Å². The maximum atomic E-state index is 13.1. The molecule has 9 nitrogen and oxygen atoms in total. The van der Waals surface area contributed by atoms with Crippen LogP contribution < -0.4 is 15.7 Å². The molecule has 0 bridgehead atoms. The Kier molecular flexibility index (Phi) is 8.14. The monoisotopic (exact) mass is 521 g/mol. The zero-order chi connectivity index (χ0) is 27.3. The molecule has 38 heavy (non-hydrogen) atoms. The van der Waals surface area contributed by atoms with Gasteiger partial charge in [0.15, 0.2) is 0 Å². The highest BCUT2D eigenvalue weighted by Gasteiger charge is 2.29. The molecule has 200 valence electrons. The first kappa shape index (κ1) is 26.9. The Bertz CT molecular complexity index is 1390. The first-order valence-electron chi connectivity index (χ1n) is 12.6. The van der Waals surface area contributed by atoms with Gasteiger partial charge in [-0.2, -0.15) is 0 Å². The molecule has 1 aliphatic carbocycles. The lowest BCUT2D eigenvalue weighted by Gasteiger charge is -2.22. The molecule has 1 aromatic heterocycles. The zero-order valence-electron chi connectivity index (χ0n) is 21.7. The SMILES string of the molecule is CC(C)(C)OC(=O)N[C@@H](CC(=O)OCc1ccccc1)C(=O)Oc1ccc2c3c(c(=O)oc2c1)CCCC3. The summed E-state index contributed by atoms with van der Waals surface area (Å²) in [7, 11) is 0. The lowest BCUT2D eigenvalue weighted by molar-refractivity contribution is -0.149. The van der Waals surface area contributed by atoms with Crippen molar-refractivity contribution in [3.05, 3.63) is 75.6 Å². The Morgan fingerprint density at radius 3 is 2.42 bits per heavy atom. The third-order valence-corrected chi connectivity index (χ3v) is 6.00. The standard InChI is InChI=1S/C29H31NO8/c1-29(2,3)38-28(34)30-23(16-25(31)35-17-18-9-5-4-6-10-18)27(33)36-19-13-14-21-20-11-7-8-12-22(20)26(32)37-24(21)15-19/h4-6,9-10,13-15,23H,7-8,11-12,16-17H2,1-3H3,(H,30,34)/t23-/m0/s1. The first-order chi connectivity index (χ1) is 18.1. The fourth-order valence-corrected chi connectivity index (χ4v) is 4.28. The topological polar surface area (TPSA) is 121 Å². The molecule has 0 unspecified atom stereocenters. The number of ether oxygens (including phenoxy) is 3. The smallest absolute Gasteiger partial charge is 0.408 e. The van der Waals surface area contributed by atoms with Crippen molar-refractivity contribution in [1.82, 2.24) is 5.32 Å². The molecular formula is C29H31NO8. The number of rotatable bonds is 7. The highest BCUT2D eigenvalue weighted by atomic mass is 16.6. The van der Waals surface area contributed by atoms with E-state index in [1.165, 1.54) is 6.07 Å². The number of esters is 2. The van der Waals surface area contributed by atoms with E-state index >= 15 is 0 Å². The number of carbonyl (C=O) groups is 3. The summed E-state index contributed by atoms with van der Waals surface area (Å²) in [6.45, 7) is 5.04. The summed E-state index contributed by atoms with van der Waals surface area (Å²) < 4.78 is 21.5. The molecule has 4 rings (SSSR count). The molecule has 1 heterocycles. The molecule has 1 atom stereocenters. The highest BCUT2D eigenvalue weighted by Crippen LogP contribution is 2.29. The van der Waals surface area contributed by atoms with E-state index in [9.17, 15) is 19.2 Å². The Morgan fingerprint density at radius 2 is 1.71 bits per heavy atom. The normalized spacial score (nSPS) is 13.8. The van der Waals surface area contributed by atoms with Gasteiger partial charge in [-0.15, -0.1) is 0 Å². The summed E-state index contributed by atoms with van der Waals surface area (Å²) >= 11 is 0. The van der Waals surface area contributed by atoms with Gasteiger partial charge >= 0.3 is 23.7 Å². The van der Waals surface area contributed by atoms with E-state index in [1.54, 1.807) is 45.0 Å². The molecule has 1 N–H and O–H groups in total. The largest absolute Gasteiger partial charge is 0.461 e. The van der Waals surface area contributed by atoms with E-state index in [2.05, 4.69) is 5.32 Å². The van der Waals surface area contributed by atoms with Crippen LogP contribution in [-0.4, -0.2) is 29.7 Å². The second-order valence-electron chi connectivity index (χ2n) is 10.2. The van der Waals surface area contributed by atoms with Crippen molar-refractivity contribution in [3.8, 4) is 5.75 Å². The van der Waals surface area contributed by atoms with Crippen LogP contribution in [0.15, 0.2) is 57.7 Å². The van der Waals surface area contributed by atoms with E-state index in [0.29, 0.717) is 17.6 Å². The number of hydrogen-bond acceptors (Lipinski definition) is 8. The van der Waals surface area contributed by atoms with Crippen LogP contribution in [-0.2, 0) is 38.5 Å². The van der Waals surface area contributed by atoms with E-state index in [1.807, 2.05) is 18.2 Å². The Balaban J connectivity index is 1.50. The van der Waals surface area contributed by atoms with Gasteiger partial charge in [0, 0.05) is 17.0 Å². The summed E-state index contributed by atoms with van der Waals surface area (Å²) in [5.41, 5.74) is 1.54. The van der Waals surface area contributed by atoms with Crippen LogP contribution >= 0.6 is 0 Å². The second-order valence-corrected chi connectivity index (χ2v) is 10.2. The molecule has 9 heteroatoms. The number of hydrogen-bond donors (Lipinski definition) is 1. The maximum absolute atomic E-state index is 13.1. The van der Waals surface area contributed by atoms with Crippen LogP contribution in [0.1, 0.15) is 56.7 Å². The number of fused-ring (bicyclic) bond motifs is 3. The molecule has 3 aromatic rings. The average Bonchev–Trinajstić information content (AvgIpc) is 2.86. The van der Waals surface area contributed by atoms with E-state index in [0.717, 1.165) is 35.8 Å². The van der Waals surface area contributed by atoms with Crippen molar-refractivity contribution >= 4 is 29.0 Å². The summed E-state index contributed by atoms with van der Waals surface area (Å²) in [5, 5.41) is 3.20. The van der Waals surface area contributed by atoms with Crippen LogP contribution in [0.3, 0.4) is 0 Å². The zero-order valence-corrected chi connectivity index (χ0v) is 21.7. The molecule has 1 aliphatic rings. The molecule has 0 saturated carbocycles. The summed E-state index contributed by atoms with van der Waals surface area (Å²) in [5.74, 6) is -1.50. The molecule has 0 radical (unpaired) electrons. The van der Waals surface area contributed by atoms with Gasteiger partial charge in [-0.25, -0.2) is 14.4 Å². The molecule has 0 aliphatic heterocycles. The summed E-state index contributed by atoms with van der Waals surface area (Å²) in [6.07, 6.45) is 2.04. The van der Waals surface area contributed by atoms with Crippen molar-refractivity contribution in [3.63, 3.8) is 0 Å². The minimum atomic E-state index is -1.38. The lowest BCUT2D eigenvalue weighted by Crippen LogP contribution is -2.46. The fourth-order valence-electron chi connectivity index (χ4n) is 4.28. The van der Waals surface area contributed by atoms with Gasteiger partial charge in [0.1, 0.15) is 29.6 Å². The van der Waals surface area contributed by atoms with Crippen molar-refractivity contribution < 1.29 is 33.0 Å². The minimum Gasteiger partial charge on any atom is -0.461 e. The van der Waals surface area contributed by atoms with Crippen LogP contribution in [0.25, 0.3) is 11.0 Å². The van der Waals surface area contributed by atoms with Crippen LogP contribution in [0.4, 0.5) is 4.79 Å². The fraction of sp³-hybridized carbons (Fsp3) is 0.379. The van der Waals surface area contributed by atoms with Gasteiger partial charge in [-0.1, -0.05) is 30.3 Å². The number of benzene rings is 2. The van der Waals surface area contributed by atoms with Crippen molar-refractivity contribution in [2.75, 3.05) is 0 Å². The lowest BCUT2D eigenvalue weighted by atomic mass is 9.91. The third-order valence-electron chi connectivity index (χ3n) is 6.00. The van der Waals surface area contributed by atoms with Gasteiger partial charge in [0.25, 0.3) is 0 Å². The minimum absolute atomic E-state index is 0.0158. The molecule has 1 amide bonds. The van der Waals surface area contributed by atoms with Gasteiger partial charge < -0.3 is 23.9 Å². The second kappa shape index (κ2) is 11.5. The Labute approximate surface area is 220 Å². The van der Waals surface area contributed by atoms with Gasteiger partial charge in [0.2, 0.25) is 0 Å². The Hall–Kier alpha value is -4.14. The van der Waals surface area contributed by atoms with Crippen molar-refractivity contribution in [1.29, 1.82) is 0 Å². The van der Waals surface area contributed by atoms with Gasteiger partial charge in [0.05, 0.1) is 6.42 Å². The number of alkyl carbamates (subject to hydrolysis) is 1. The van der Waals surface area contributed by atoms with Gasteiger partial charge in [-0.05, 0) is 69.7 Å². The van der Waals surface area contributed by atoms with Crippen molar-refractivity contribution in [2.24, 2.45) is 0 Å². The molecule has 2 aromatic carbocycles. The van der Waals surface area contributed by atoms with E-state index in [-0.39, 0.29) is 18.0 Å². The molecule has 0 fully saturated rings. The number of carbonyl (C=O) groups excluding carboxylic acids is 3. The predicted molar refractivity (Wildman–Crippen MR) is 139 cm³/mol. The maximum Gasteiger partial charge on any atom is 0.408 e. The predicted octanol–water partition coefficient (Wildman–Crippen LogP) is 4.60. The average molecular weight is 522 g/mol. The number of amides is 1. The quantitative estimate of drug-likeness (QED) is 0.272. The first-order valence-corrected chi connectivity index (χ1v) is 12.6. The molecule has 0 spiro atoms. The van der Waals surface area contributed by atoms with Crippen LogP contribution in [0.5, 0.6) is 5.75 Å². The number of nitrogens with one attached hydrogen (secondary N) is 1. The van der Waals surface area contributed by atoms with Crippen molar-refractivity contribution in [2.45, 2.75) is 71.1 Å². The van der Waals surface area contributed by atoms with Crippen LogP contribution in [0, 0.1) is 0 Å². The molecular weight excluding hydrogens is 490 g/mol. The number of aryl methyl sites for hydroxylation is 1. The third kappa shape index (κ3) is 7.00. The summed E-state index contributed by atoms with van der Waals surface area (Å²) in [6, 6.07) is 12.5. The van der Waals surface area contributed by atoms with Crippen LogP contribution in [0.2, 0.25) is 0 Å². The molecule has 0 saturated heterocycles. The van der Waals surface area contributed by atoms with E-state index < -0.39 is 36.1 Å².